The van der Waals surface area contributed by atoms with Crippen molar-refractivity contribution in [3.8, 4) is 6.07 Å². The van der Waals surface area contributed by atoms with E-state index in [2.05, 4.69) is 26.9 Å². The Kier molecular flexibility index (Phi) is 6.16. The molecule has 0 unspecified atom stereocenters. The van der Waals surface area contributed by atoms with Gasteiger partial charge in [0.2, 0.25) is 11.0 Å². The Morgan fingerprint density at radius 2 is 2.27 bits per heavy atom. The third-order valence-electron chi connectivity index (χ3n) is 4.33. The molecular formula is C17H21N5O2S2. The van der Waals surface area contributed by atoms with Gasteiger partial charge >= 0.3 is 0 Å². The molecule has 1 saturated carbocycles. The van der Waals surface area contributed by atoms with Gasteiger partial charge in [0, 0.05) is 0 Å². The van der Waals surface area contributed by atoms with E-state index in [1.54, 1.807) is 6.26 Å². The molecule has 26 heavy (non-hydrogen) atoms. The number of carbonyl (C=O) groups excluding carboxylic acids is 1. The van der Waals surface area contributed by atoms with E-state index in [1.807, 2.05) is 19.1 Å². The lowest BCUT2D eigenvalue weighted by molar-refractivity contribution is -0.121. The largest absolute Gasteiger partial charge is 0.467 e. The molecule has 0 saturated heterocycles. The highest BCUT2D eigenvalue weighted by Gasteiger charge is 2.35. The molecule has 2 heterocycles. The van der Waals surface area contributed by atoms with Gasteiger partial charge in [0.05, 0.1) is 24.1 Å². The first kappa shape index (κ1) is 18.7. The number of amides is 1. The van der Waals surface area contributed by atoms with Gasteiger partial charge < -0.3 is 15.1 Å². The summed E-state index contributed by atoms with van der Waals surface area (Å²) in [4.78, 5) is 12.5. The molecule has 1 fully saturated rings. The number of anilines is 1. The predicted octanol–water partition coefficient (Wildman–Crippen LogP) is 3.57. The molecule has 2 N–H and O–H groups in total. The van der Waals surface area contributed by atoms with Crippen LogP contribution < -0.4 is 10.6 Å². The summed E-state index contributed by atoms with van der Waals surface area (Å²) in [5.74, 6) is 0.690. The Hall–Kier alpha value is -2.05. The number of thioether (sulfide) groups is 1. The zero-order valence-electron chi connectivity index (χ0n) is 14.5. The Balaban J connectivity index is 1.51. The van der Waals surface area contributed by atoms with E-state index in [9.17, 15) is 10.1 Å². The van der Waals surface area contributed by atoms with Gasteiger partial charge in [-0.25, -0.2) is 0 Å². The zero-order valence-corrected chi connectivity index (χ0v) is 16.2. The summed E-state index contributed by atoms with van der Waals surface area (Å²) in [5, 5.41) is 24.1. The van der Waals surface area contributed by atoms with Crippen LogP contribution in [-0.4, -0.2) is 26.9 Å². The summed E-state index contributed by atoms with van der Waals surface area (Å²) in [7, 11) is 0. The second-order valence-electron chi connectivity index (χ2n) is 6.31. The van der Waals surface area contributed by atoms with Gasteiger partial charge in [0.1, 0.15) is 11.3 Å². The molecule has 0 aliphatic heterocycles. The van der Waals surface area contributed by atoms with Crippen molar-refractivity contribution in [2.24, 2.45) is 0 Å². The summed E-state index contributed by atoms with van der Waals surface area (Å²) in [6.45, 7) is 2.36. The number of nitrogens with zero attached hydrogens (tertiary/aromatic N) is 3. The van der Waals surface area contributed by atoms with Crippen LogP contribution in [0.4, 0.5) is 5.13 Å². The molecule has 2 aromatic rings. The van der Waals surface area contributed by atoms with Crippen molar-refractivity contribution in [3.05, 3.63) is 24.2 Å². The van der Waals surface area contributed by atoms with Crippen molar-refractivity contribution in [1.29, 1.82) is 5.26 Å². The Morgan fingerprint density at radius 1 is 1.46 bits per heavy atom. The maximum absolute atomic E-state index is 12.5. The Labute approximate surface area is 160 Å². The number of hydrogen-bond donors (Lipinski definition) is 2. The highest BCUT2D eigenvalue weighted by molar-refractivity contribution is 8.02. The second kappa shape index (κ2) is 8.56. The molecule has 2 aromatic heterocycles. The highest BCUT2D eigenvalue weighted by atomic mass is 32.2. The lowest BCUT2D eigenvalue weighted by atomic mass is 9.83. The maximum atomic E-state index is 12.5. The molecule has 0 radical (unpaired) electrons. The summed E-state index contributed by atoms with van der Waals surface area (Å²) in [6, 6.07) is 6.03. The van der Waals surface area contributed by atoms with Crippen molar-refractivity contribution in [2.75, 3.05) is 5.32 Å². The maximum Gasteiger partial charge on any atom is 0.234 e. The summed E-state index contributed by atoms with van der Waals surface area (Å²) < 4.78 is 5.97. The predicted molar refractivity (Wildman–Crippen MR) is 101 cm³/mol. The number of furan rings is 1. The lowest BCUT2D eigenvalue weighted by Crippen LogP contribution is -2.50. The molecule has 0 spiro atoms. The van der Waals surface area contributed by atoms with E-state index in [0.717, 1.165) is 37.9 Å². The molecule has 1 aliphatic carbocycles. The van der Waals surface area contributed by atoms with E-state index in [4.69, 9.17) is 4.42 Å². The minimum Gasteiger partial charge on any atom is -0.467 e. The van der Waals surface area contributed by atoms with Crippen LogP contribution in [0.15, 0.2) is 27.2 Å². The van der Waals surface area contributed by atoms with E-state index in [1.165, 1.54) is 23.1 Å². The molecule has 0 aromatic carbocycles. The van der Waals surface area contributed by atoms with Crippen molar-refractivity contribution >= 4 is 34.1 Å². The third-order valence-corrected chi connectivity index (χ3v) is 6.40. The number of rotatable bonds is 7. The number of nitrogens with one attached hydrogen (secondary N) is 2. The molecule has 1 atom stereocenters. The van der Waals surface area contributed by atoms with Crippen LogP contribution in [0.3, 0.4) is 0 Å². The number of carbonyl (C=O) groups is 1. The Bertz CT molecular complexity index is 762. The van der Waals surface area contributed by atoms with E-state index < -0.39 is 5.54 Å². The number of hydrogen-bond acceptors (Lipinski definition) is 8. The van der Waals surface area contributed by atoms with Crippen LogP contribution in [0.25, 0.3) is 0 Å². The molecule has 9 heteroatoms. The van der Waals surface area contributed by atoms with E-state index >= 15 is 0 Å². The molecule has 1 aliphatic rings. The fourth-order valence-electron chi connectivity index (χ4n) is 2.87. The average Bonchev–Trinajstić information content (AvgIpc) is 3.32. The van der Waals surface area contributed by atoms with Gasteiger partial charge in [0.15, 0.2) is 4.34 Å². The number of aromatic nitrogens is 2. The van der Waals surface area contributed by atoms with Gasteiger partial charge in [-0.05, 0) is 31.9 Å². The van der Waals surface area contributed by atoms with Gasteiger partial charge in [-0.15, -0.1) is 10.2 Å². The first-order chi connectivity index (χ1) is 12.6. The quantitative estimate of drug-likeness (QED) is 0.695. The molecule has 1 amide bonds. The smallest absolute Gasteiger partial charge is 0.234 e. The SMILES string of the molecule is C[C@@H](Sc1nnc(NCc2ccco2)s1)C(=O)NC1(C#N)CCCCC1. The average molecular weight is 392 g/mol. The fraction of sp³-hybridized carbons (Fsp3) is 0.529. The van der Waals surface area contributed by atoms with Crippen molar-refractivity contribution in [3.63, 3.8) is 0 Å². The summed E-state index contributed by atoms with van der Waals surface area (Å²) in [5.41, 5.74) is -0.707. The van der Waals surface area contributed by atoms with Gasteiger partial charge in [-0.2, -0.15) is 5.26 Å². The highest BCUT2D eigenvalue weighted by Crippen LogP contribution is 2.31. The molecule has 3 rings (SSSR count). The van der Waals surface area contributed by atoms with Gasteiger partial charge in [-0.3, -0.25) is 4.79 Å². The molecular weight excluding hydrogens is 370 g/mol. The van der Waals surface area contributed by atoms with Crippen LogP contribution in [0, 0.1) is 11.3 Å². The Morgan fingerprint density at radius 3 is 2.96 bits per heavy atom. The van der Waals surface area contributed by atoms with Crippen LogP contribution in [0.5, 0.6) is 0 Å². The van der Waals surface area contributed by atoms with Crippen molar-refractivity contribution in [2.45, 2.75) is 60.7 Å². The van der Waals surface area contributed by atoms with E-state index in [0.29, 0.717) is 16.0 Å². The van der Waals surface area contributed by atoms with Gasteiger partial charge in [-0.1, -0.05) is 42.4 Å². The van der Waals surface area contributed by atoms with Crippen molar-refractivity contribution in [1.82, 2.24) is 15.5 Å². The second-order valence-corrected chi connectivity index (χ2v) is 8.88. The monoisotopic (exact) mass is 391 g/mol. The fourth-order valence-corrected chi connectivity index (χ4v) is 4.76. The minimum absolute atomic E-state index is 0.126. The topological polar surface area (TPSA) is 104 Å². The standard InChI is InChI=1S/C17H21N5O2S2/c1-12(14(23)20-17(11-18)7-3-2-4-8-17)25-16-22-21-15(26-16)19-10-13-6-5-9-24-13/h5-6,9,12H,2-4,7-8,10H2,1H3,(H,19,21)(H,20,23)/t12-/m1/s1. The van der Waals surface area contributed by atoms with Gasteiger partial charge in [0.25, 0.3) is 0 Å². The van der Waals surface area contributed by atoms with Crippen molar-refractivity contribution < 1.29 is 9.21 Å². The number of nitriles is 1. The normalized spacial score (nSPS) is 17.2. The minimum atomic E-state index is -0.707. The molecule has 7 nitrogen and oxygen atoms in total. The molecule has 0 bridgehead atoms. The van der Waals surface area contributed by atoms with E-state index in [-0.39, 0.29) is 11.2 Å². The zero-order chi connectivity index (χ0) is 18.4. The van der Waals surface area contributed by atoms with Crippen LogP contribution in [-0.2, 0) is 11.3 Å². The summed E-state index contributed by atoms with van der Waals surface area (Å²) >= 11 is 2.75. The van der Waals surface area contributed by atoms with Crippen LogP contribution >= 0.6 is 23.1 Å². The lowest BCUT2D eigenvalue weighted by Gasteiger charge is -2.32. The third kappa shape index (κ3) is 4.77. The summed E-state index contributed by atoms with van der Waals surface area (Å²) in [6.07, 6.45) is 6.17. The van der Waals surface area contributed by atoms with Crippen LogP contribution in [0.1, 0.15) is 44.8 Å². The molecule has 138 valence electrons. The first-order valence-electron chi connectivity index (χ1n) is 8.60. The van der Waals surface area contributed by atoms with Crippen LogP contribution in [0.2, 0.25) is 0 Å². The first-order valence-corrected chi connectivity index (χ1v) is 10.3.